The quantitative estimate of drug-likeness (QED) is 0.621. The molecule has 0 bridgehead atoms. The normalized spacial score (nSPS) is 10.9. The lowest BCUT2D eigenvalue weighted by atomic mass is 10.0. The van der Waals surface area contributed by atoms with Gasteiger partial charge in [-0.15, -0.1) is 0 Å². The summed E-state index contributed by atoms with van der Waals surface area (Å²) < 4.78 is 1.70. The minimum absolute atomic E-state index is 0.0382. The largest absolute Gasteiger partial charge is 0.355 e. The maximum Gasteiger partial charge on any atom is 0.255 e. The first-order valence-electron chi connectivity index (χ1n) is 10.4. The molecule has 30 heavy (non-hydrogen) atoms. The van der Waals surface area contributed by atoms with Crippen LogP contribution >= 0.6 is 0 Å². The van der Waals surface area contributed by atoms with Gasteiger partial charge >= 0.3 is 0 Å². The minimum Gasteiger partial charge on any atom is -0.355 e. The molecule has 1 N–H and O–H groups in total. The zero-order valence-electron chi connectivity index (χ0n) is 18.1. The molecule has 1 aromatic carbocycles. The van der Waals surface area contributed by atoms with E-state index >= 15 is 0 Å². The summed E-state index contributed by atoms with van der Waals surface area (Å²) in [5.74, 6) is -0.320. The molecule has 3 rings (SSSR count). The first-order chi connectivity index (χ1) is 14.5. The van der Waals surface area contributed by atoms with Gasteiger partial charge in [0.1, 0.15) is 0 Å². The van der Waals surface area contributed by atoms with Crippen molar-refractivity contribution in [1.82, 2.24) is 25.0 Å². The molecule has 2 aromatic heterocycles. The highest BCUT2D eigenvalue weighted by molar-refractivity contribution is 6.08. The third-order valence-electron chi connectivity index (χ3n) is 4.96. The van der Waals surface area contributed by atoms with Gasteiger partial charge in [0.2, 0.25) is 5.91 Å². The number of hydrogen-bond acceptors (Lipinski definition) is 4. The Labute approximate surface area is 177 Å². The van der Waals surface area contributed by atoms with E-state index in [1.54, 1.807) is 9.58 Å². The Balaban J connectivity index is 2.07. The number of pyridine rings is 1. The van der Waals surface area contributed by atoms with Gasteiger partial charge in [-0.2, -0.15) is 5.10 Å². The molecule has 0 fully saturated rings. The molecule has 0 aliphatic rings. The second-order valence-corrected chi connectivity index (χ2v) is 7.41. The maximum absolute atomic E-state index is 13.6. The maximum atomic E-state index is 13.6. The lowest BCUT2D eigenvalue weighted by molar-refractivity contribution is -0.121. The zero-order chi connectivity index (χ0) is 21.7. The summed E-state index contributed by atoms with van der Waals surface area (Å²) >= 11 is 0. The highest BCUT2D eigenvalue weighted by Gasteiger charge is 2.24. The Bertz CT molecular complexity index is 1040. The Morgan fingerprint density at radius 1 is 1.13 bits per heavy atom. The molecule has 7 heteroatoms. The van der Waals surface area contributed by atoms with Crippen LogP contribution in [-0.2, 0) is 11.8 Å². The first kappa shape index (κ1) is 21.5. The predicted molar refractivity (Wildman–Crippen MR) is 118 cm³/mol. The smallest absolute Gasteiger partial charge is 0.255 e. The molecule has 0 spiro atoms. The molecule has 7 nitrogen and oxygen atoms in total. The van der Waals surface area contributed by atoms with Crippen molar-refractivity contribution in [2.75, 3.05) is 19.6 Å². The van der Waals surface area contributed by atoms with Crippen molar-refractivity contribution in [1.29, 1.82) is 0 Å². The van der Waals surface area contributed by atoms with Crippen LogP contribution in [-0.4, -0.2) is 51.1 Å². The Morgan fingerprint density at radius 2 is 1.87 bits per heavy atom. The number of fused-ring (bicyclic) bond motifs is 1. The van der Waals surface area contributed by atoms with Crippen molar-refractivity contribution >= 4 is 22.8 Å². The predicted octanol–water partition coefficient (Wildman–Crippen LogP) is 3.32. The molecule has 3 aromatic rings. The number of amides is 2. The van der Waals surface area contributed by atoms with E-state index in [9.17, 15) is 9.59 Å². The number of aryl methyl sites for hydroxylation is 2. The minimum atomic E-state index is -0.177. The van der Waals surface area contributed by atoms with Crippen molar-refractivity contribution < 1.29 is 9.59 Å². The SMILES string of the molecule is CCCNC(=O)CN(CCC)C(=O)c1cc(-c2ccccc2)nc2c1c(C)nn2C. The summed E-state index contributed by atoms with van der Waals surface area (Å²) in [5.41, 5.74) is 3.57. The topological polar surface area (TPSA) is 80.1 Å². The average molecular weight is 408 g/mol. The van der Waals surface area contributed by atoms with Crippen LogP contribution in [0.15, 0.2) is 36.4 Å². The molecule has 0 unspecified atom stereocenters. The van der Waals surface area contributed by atoms with E-state index in [0.717, 1.165) is 29.5 Å². The summed E-state index contributed by atoms with van der Waals surface area (Å²) in [6.45, 7) is 7.02. The van der Waals surface area contributed by atoms with E-state index in [2.05, 4.69) is 10.4 Å². The molecule has 0 atom stereocenters. The van der Waals surface area contributed by atoms with Crippen LogP contribution in [0.4, 0.5) is 0 Å². The molecule has 2 amide bonds. The van der Waals surface area contributed by atoms with Gasteiger partial charge < -0.3 is 10.2 Å². The number of nitrogens with zero attached hydrogens (tertiary/aromatic N) is 4. The zero-order valence-corrected chi connectivity index (χ0v) is 18.1. The number of rotatable bonds is 8. The monoisotopic (exact) mass is 407 g/mol. The van der Waals surface area contributed by atoms with Crippen molar-refractivity contribution in [3.8, 4) is 11.3 Å². The van der Waals surface area contributed by atoms with Crippen molar-refractivity contribution in [3.05, 3.63) is 47.7 Å². The Hall–Kier alpha value is -3.22. The van der Waals surface area contributed by atoms with Gasteiger partial charge in [-0.3, -0.25) is 14.3 Å². The highest BCUT2D eigenvalue weighted by Crippen LogP contribution is 2.27. The van der Waals surface area contributed by atoms with E-state index in [4.69, 9.17) is 4.98 Å². The summed E-state index contributed by atoms with van der Waals surface area (Å²) in [4.78, 5) is 32.3. The molecule has 0 radical (unpaired) electrons. The van der Waals surface area contributed by atoms with Crippen LogP contribution in [0.25, 0.3) is 22.3 Å². The third kappa shape index (κ3) is 4.50. The second-order valence-electron chi connectivity index (χ2n) is 7.41. The third-order valence-corrected chi connectivity index (χ3v) is 4.96. The molecule has 0 saturated carbocycles. The highest BCUT2D eigenvalue weighted by atomic mass is 16.2. The standard InChI is InChI=1S/C23H29N5O2/c1-5-12-24-20(29)15-28(13-6-2)23(30)18-14-19(17-10-8-7-9-11-17)25-22-21(18)16(3)26-27(22)4/h7-11,14H,5-6,12-13,15H2,1-4H3,(H,24,29). The molecular weight excluding hydrogens is 378 g/mol. The molecule has 0 saturated heterocycles. The van der Waals surface area contributed by atoms with Crippen molar-refractivity contribution in [3.63, 3.8) is 0 Å². The molecule has 0 aliphatic heterocycles. The van der Waals surface area contributed by atoms with Crippen LogP contribution in [0, 0.1) is 6.92 Å². The lowest BCUT2D eigenvalue weighted by Gasteiger charge is -2.22. The fourth-order valence-corrected chi connectivity index (χ4v) is 3.56. The van der Waals surface area contributed by atoms with E-state index < -0.39 is 0 Å². The number of carbonyl (C=O) groups is 2. The average Bonchev–Trinajstić information content (AvgIpc) is 3.05. The summed E-state index contributed by atoms with van der Waals surface area (Å²) in [5, 5.41) is 8.07. The van der Waals surface area contributed by atoms with Crippen LogP contribution in [0.3, 0.4) is 0 Å². The van der Waals surface area contributed by atoms with Crippen molar-refractivity contribution in [2.45, 2.75) is 33.6 Å². The number of hydrogen-bond donors (Lipinski definition) is 1. The Morgan fingerprint density at radius 3 is 2.53 bits per heavy atom. The molecule has 158 valence electrons. The van der Waals surface area contributed by atoms with Gasteiger partial charge in [0.25, 0.3) is 5.91 Å². The van der Waals surface area contributed by atoms with Crippen LogP contribution in [0.5, 0.6) is 0 Å². The van der Waals surface area contributed by atoms with Gasteiger partial charge in [0.05, 0.1) is 28.9 Å². The molecule has 2 heterocycles. The second kappa shape index (κ2) is 9.52. The number of benzene rings is 1. The van der Waals surface area contributed by atoms with Gasteiger partial charge in [0, 0.05) is 25.7 Å². The first-order valence-corrected chi connectivity index (χ1v) is 10.4. The van der Waals surface area contributed by atoms with Gasteiger partial charge in [-0.25, -0.2) is 4.98 Å². The Kier molecular flexibility index (Phi) is 6.82. The van der Waals surface area contributed by atoms with E-state index in [1.165, 1.54) is 0 Å². The van der Waals surface area contributed by atoms with E-state index in [-0.39, 0.29) is 18.4 Å². The van der Waals surface area contributed by atoms with Crippen LogP contribution in [0.2, 0.25) is 0 Å². The summed E-state index contributed by atoms with van der Waals surface area (Å²) in [6.07, 6.45) is 1.62. The van der Waals surface area contributed by atoms with Crippen LogP contribution in [0.1, 0.15) is 42.7 Å². The van der Waals surface area contributed by atoms with E-state index in [0.29, 0.717) is 30.0 Å². The van der Waals surface area contributed by atoms with Crippen molar-refractivity contribution in [2.24, 2.45) is 7.05 Å². The molecular formula is C23H29N5O2. The summed E-state index contributed by atoms with van der Waals surface area (Å²) in [7, 11) is 1.83. The lowest BCUT2D eigenvalue weighted by Crippen LogP contribution is -2.41. The summed E-state index contributed by atoms with van der Waals surface area (Å²) in [6, 6.07) is 11.6. The van der Waals surface area contributed by atoms with Gasteiger partial charge in [-0.1, -0.05) is 44.2 Å². The molecule has 0 aliphatic carbocycles. The number of aromatic nitrogens is 3. The van der Waals surface area contributed by atoms with E-state index in [1.807, 2.05) is 64.2 Å². The number of carbonyl (C=O) groups excluding carboxylic acids is 2. The van der Waals surface area contributed by atoms with Crippen LogP contribution < -0.4 is 5.32 Å². The van der Waals surface area contributed by atoms with Gasteiger partial charge in [-0.05, 0) is 25.8 Å². The fourth-order valence-electron chi connectivity index (χ4n) is 3.56. The number of nitrogens with one attached hydrogen (secondary N) is 1. The van der Waals surface area contributed by atoms with Gasteiger partial charge in [0.15, 0.2) is 5.65 Å². The fraction of sp³-hybridized carbons (Fsp3) is 0.391.